The molecule has 3 amide bonds. The fraction of sp³-hybridized carbons (Fsp3) is 0.350. The van der Waals surface area contributed by atoms with Gasteiger partial charge >= 0.3 is 0 Å². The number of imide groups is 1. The van der Waals surface area contributed by atoms with Gasteiger partial charge in [0.25, 0.3) is 11.8 Å². The van der Waals surface area contributed by atoms with E-state index in [0.29, 0.717) is 6.54 Å². The molecule has 1 fully saturated rings. The molecular formula is C20H22N2O3. The number of nitrogens with zero attached hydrogens (tertiary/aromatic N) is 1. The molecular weight excluding hydrogens is 316 g/mol. The Labute approximate surface area is 147 Å². The molecule has 25 heavy (non-hydrogen) atoms. The smallest absolute Gasteiger partial charge is 0.253 e. The third-order valence-corrected chi connectivity index (χ3v) is 4.82. The van der Waals surface area contributed by atoms with Crippen LogP contribution < -0.4 is 5.32 Å². The number of carbonyl (C=O) groups excluding carboxylic acids is 3. The second kappa shape index (κ2) is 7.92. The van der Waals surface area contributed by atoms with Gasteiger partial charge in [-0.3, -0.25) is 19.3 Å². The fourth-order valence-electron chi connectivity index (χ4n) is 3.37. The van der Waals surface area contributed by atoms with Crippen LogP contribution in [0.5, 0.6) is 0 Å². The zero-order valence-electron chi connectivity index (χ0n) is 14.1. The molecule has 5 heteroatoms. The van der Waals surface area contributed by atoms with Gasteiger partial charge < -0.3 is 5.32 Å². The van der Waals surface area contributed by atoms with Crippen molar-refractivity contribution in [3.05, 3.63) is 60.4 Å². The SMILES string of the molecule is O=C(NC1=C/C=C\C=C/C=C\1)C1CCC(CN2C(=O)C=CC2=O)CC1. The lowest BCUT2D eigenvalue weighted by Gasteiger charge is -2.30. The molecule has 0 radical (unpaired) electrons. The van der Waals surface area contributed by atoms with Crippen LogP contribution in [0.1, 0.15) is 25.7 Å². The lowest BCUT2D eigenvalue weighted by atomic mass is 9.81. The van der Waals surface area contributed by atoms with Gasteiger partial charge in [-0.05, 0) is 43.8 Å². The molecule has 5 nitrogen and oxygen atoms in total. The summed E-state index contributed by atoms with van der Waals surface area (Å²) in [6, 6.07) is 0. The summed E-state index contributed by atoms with van der Waals surface area (Å²) in [6.45, 7) is 0.462. The first kappa shape index (κ1) is 17.1. The van der Waals surface area contributed by atoms with E-state index in [-0.39, 0.29) is 29.6 Å². The molecule has 3 aliphatic rings. The van der Waals surface area contributed by atoms with Gasteiger partial charge in [0.05, 0.1) is 0 Å². The monoisotopic (exact) mass is 338 g/mol. The van der Waals surface area contributed by atoms with Crippen LogP contribution in [0.3, 0.4) is 0 Å². The number of carbonyl (C=O) groups is 3. The van der Waals surface area contributed by atoms with Gasteiger partial charge in [0.15, 0.2) is 0 Å². The van der Waals surface area contributed by atoms with Gasteiger partial charge in [-0.2, -0.15) is 0 Å². The van der Waals surface area contributed by atoms with Crippen molar-refractivity contribution < 1.29 is 14.4 Å². The Kier molecular flexibility index (Phi) is 5.43. The van der Waals surface area contributed by atoms with E-state index in [1.54, 1.807) is 0 Å². The molecule has 0 saturated heterocycles. The molecule has 3 rings (SSSR count). The Morgan fingerprint density at radius 2 is 1.56 bits per heavy atom. The first-order chi connectivity index (χ1) is 12.1. The molecule has 1 saturated carbocycles. The van der Waals surface area contributed by atoms with Crippen LogP contribution in [0.25, 0.3) is 0 Å². The molecule has 0 spiro atoms. The first-order valence-corrected chi connectivity index (χ1v) is 8.69. The van der Waals surface area contributed by atoms with Crippen molar-refractivity contribution >= 4 is 17.7 Å². The normalized spacial score (nSPS) is 31.7. The van der Waals surface area contributed by atoms with Gasteiger partial charge in [0, 0.05) is 30.3 Å². The number of allylic oxidation sites excluding steroid dienone is 7. The zero-order chi connectivity index (χ0) is 17.6. The van der Waals surface area contributed by atoms with Crippen molar-refractivity contribution in [3.8, 4) is 0 Å². The highest BCUT2D eigenvalue weighted by molar-refractivity contribution is 6.12. The Morgan fingerprint density at radius 3 is 2.28 bits per heavy atom. The highest BCUT2D eigenvalue weighted by Crippen LogP contribution is 2.30. The van der Waals surface area contributed by atoms with Crippen LogP contribution in [0.4, 0.5) is 0 Å². The molecule has 1 N–H and O–H groups in total. The predicted molar refractivity (Wildman–Crippen MR) is 95.0 cm³/mol. The van der Waals surface area contributed by atoms with Crippen molar-refractivity contribution in [1.82, 2.24) is 10.2 Å². The first-order valence-electron chi connectivity index (χ1n) is 8.69. The van der Waals surface area contributed by atoms with E-state index >= 15 is 0 Å². The summed E-state index contributed by atoms with van der Waals surface area (Å²) < 4.78 is 0. The zero-order valence-corrected chi connectivity index (χ0v) is 14.1. The minimum atomic E-state index is -0.227. The summed E-state index contributed by atoms with van der Waals surface area (Å²) >= 11 is 0. The van der Waals surface area contributed by atoms with Gasteiger partial charge in [0.1, 0.15) is 0 Å². The third kappa shape index (κ3) is 4.44. The Balaban J connectivity index is 1.48. The van der Waals surface area contributed by atoms with Gasteiger partial charge in [-0.1, -0.05) is 30.4 Å². The topological polar surface area (TPSA) is 66.5 Å². The van der Waals surface area contributed by atoms with Crippen LogP contribution in [-0.4, -0.2) is 29.2 Å². The number of hydrogen-bond donors (Lipinski definition) is 1. The summed E-state index contributed by atoms with van der Waals surface area (Å²) in [6.07, 6.45) is 19.2. The van der Waals surface area contributed by atoms with E-state index in [9.17, 15) is 14.4 Å². The average molecular weight is 338 g/mol. The predicted octanol–water partition coefficient (Wildman–Crippen LogP) is 2.40. The van der Waals surface area contributed by atoms with Crippen LogP contribution >= 0.6 is 0 Å². The maximum absolute atomic E-state index is 12.5. The molecule has 130 valence electrons. The standard InChI is InChI=1S/C20H22N2O3/c23-18-12-13-19(24)22(18)14-15-8-10-16(11-9-15)20(25)21-17-6-4-2-1-3-5-7-17/h1-7,12-13,15-16H,8-11,14H2,(H,21,25)/b2-1-,3-1?,4-2?,5-3-,6-4-,7-5?,17-6?,17-7+. The molecule has 0 unspecified atom stereocenters. The maximum atomic E-state index is 12.5. The second-order valence-corrected chi connectivity index (χ2v) is 6.58. The van der Waals surface area contributed by atoms with Crippen LogP contribution in [0.2, 0.25) is 0 Å². The summed E-state index contributed by atoms with van der Waals surface area (Å²) in [5, 5.41) is 2.98. The van der Waals surface area contributed by atoms with E-state index in [2.05, 4.69) is 5.32 Å². The highest BCUT2D eigenvalue weighted by atomic mass is 16.2. The van der Waals surface area contributed by atoms with Crippen LogP contribution in [0, 0.1) is 11.8 Å². The lowest BCUT2D eigenvalue weighted by molar-refractivity contribution is -0.138. The second-order valence-electron chi connectivity index (χ2n) is 6.58. The van der Waals surface area contributed by atoms with Crippen molar-refractivity contribution in [1.29, 1.82) is 0 Å². The molecule has 0 bridgehead atoms. The van der Waals surface area contributed by atoms with E-state index in [4.69, 9.17) is 0 Å². The molecule has 0 atom stereocenters. The van der Waals surface area contributed by atoms with E-state index in [1.165, 1.54) is 17.1 Å². The molecule has 1 heterocycles. The number of hydrogen-bond acceptors (Lipinski definition) is 3. The fourth-order valence-corrected chi connectivity index (χ4v) is 3.37. The minimum Gasteiger partial charge on any atom is -0.326 e. The van der Waals surface area contributed by atoms with E-state index < -0.39 is 0 Å². The third-order valence-electron chi connectivity index (χ3n) is 4.82. The average Bonchev–Trinajstić information content (AvgIpc) is 2.90. The lowest BCUT2D eigenvalue weighted by Crippen LogP contribution is -2.38. The van der Waals surface area contributed by atoms with Crippen LogP contribution in [-0.2, 0) is 14.4 Å². The Bertz CT molecular complexity index is 686. The summed E-state index contributed by atoms with van der Waals surface area (Å²) in [5.41, 5.74) is 0.784. The Morgan fingerprint density at radius 1 is 0.920 bits per heavy atom. The quantitative estimate of drug-likeness (QED) is 0.801. The van der Waals surface area contributed by atoms with Crippen LogP contribution in [0.15, 0.2) is 60.4 Å². The van der Waals surface area contributed by atoms with E-state index in [0.717, 1.165) is 31.4 Å². The highest BCUT2D eigenvalue weighted by Gasteiger charge is 2.31. The molecule has 0 aromatic heterocycles. The Hall–Kier alpha value is -2.69. The van der Waals surface area contributed by atoms with Crippen molar-refractivity contribution in [2.24, 2.45) is 11.8 Å². The van der Waals surface area contributed by atoms with Crippen molar-refractivity contribution in [2.75, 3.05) is 6.54 Å². The van der Waals surface area contributed by atoms with E-state index in [1.807, 2.05) is 42.5 Å². The van der Waals surface area contributed by atoms with Gasteiger partial charge in [0.2, 0.25) is 5.91 Å². The van der Waals surface area contributed by atoms with Crippen molar-refractivity contribution in [3.63, 3.8) is 0 Å². The number of nitrogens with one attached hydrogen (secondary N) is 1. The van der Waals surface area contributed by atoms with Gasteiger partial charge in [-0.25, -0.2) is 0 Å². The number of amides is 3. The van der Waals surface area contributed by atoms with Gasteiger partial charge in [-0.15, -0.1) is 0 Å². The molecule has 0 aromatic rings. The molecule has 0 aromatic carbocycles. The summed E-state index contributed by atoms with van der Waals surface area (Å²) in [7, 11) is 0. The maximum Gasteiger partial charge on any atom is 0.253 e. The molecule has 1 aliphatic heterocycles. The largest absolute Gasteiger partial charge is 0.326 e. The number of rotatable bonds is 4. The van der Waals surface area contributed by atoms with Crippen molar-refractivity contribution in [2.45, 2.75) is 25.7 Å². The minimum absolute atomic E-state index is 0.0152. The summed E-state index contributed by atoms with van der Waals surface area (Å²) in [4.78, 5) is 37.0. The molecule has 2 aliphatic carbocycles. The summed E-state index contributed by atoms with van der Waals surface area (Å²) in [5.74, 6) is -0.142.